The summed E-state index contributed by atoms with van der Waals surface area (Å²) < 4.78 is 26.9. The van der Waals surface area contributed by atoms with E-state index in [2.05, 4.69) is 40.5 Å². The van der Waals surface area contributed by atoms with Crippen molar-refractivity contribution < 1.29 is 28.5 Å². The van der Waals surface area contributed by atoms with Gasteiger partial charge in [-0.2, -0.15) is 19.9 Å². The molecule has 0 bridgehead atoms. The van der Waals surface area contributed by atoms with Crippen LogP contribution in [0.2, 0.25) is 0 Å². The smallest absolute Gasteiger partial charge is 0.247 e. The number of fused-ring (bicyclic) bond motifs is 2. The summed E-state index contributed by atoms with van der Waals surface area (Å²) in [4.78, 5) is 51.4. The third kappa shape index (κ3) is 10.3. The topological polar surface area (TPSA) is 234 Å². The lowest BCUT2D eigenvalue weighted by atomic mass is 10.1. The predicted octanol–water partition coefficient (Wildman–Crippen LogP) is 4.35. The Kier molecular flexibility index (Phi) is 12.5. The number of nitrogens with two attached hydrogens (primary N) is 2. The Morgan fingerprint density at radius 2 is 0.968 bits per heavy atom. The average Bonchev–Trinajstić information content (AvgIpc) is 3.89. The third-order valence-electron chi connectivity index (χ3n) is 9.35. The van der Waals surface area contributed by atoms with Gasteiger partial charge in [0.15, 0.2) is 22.3 Å². The summed E-state index contributed by atoms with van der Waals surface area (Å²) in [5.74, 6) is 1.28. The zero-order chi connectivity index (χ0) is 42.7. The van der Waals surface area contributed by atoms with Crippen LogP contribution in [0.25, 0.3) is 33.5 Å². The molecule has 4 heterocycles. The fourth-order valence-corrected chi connectivity index (χ4v) is 6.42. The Hall–Kier alpha value is -8.28. The fraction of sp³-hybridized carbons (Fsp3) is 0.182. The molecule has 0 saturated carbocycles. The van der Waals surface area contributed by atoms with Gasteiger partial charge in [0, 0.05) is 0 Å². The quantitative estimate of drug-likeness (QED) is 0.0830. The van der Waals surface area contributed by atoms with Crippen LogP contribution in [0.3, 0.4) is 0 Å². The zero-order valence-electron chi connectivity index (χ0n) is 33.4. The molecule has 8 rings (SSSR count). The lowest BCUT2D eigenvalue weighted by Gasteiger charge is -2.12. The molecule has 0 atom stereocenters. The number of hydrogen-bond acceptors (Lipinski definition) is 14. The number of aromatic nitrogens is 8. The highest BCUT2D eigenvalue weighted by molar-refractivity contribution is 5.82. The molecule has 314 valence electrons. The number of amides is 2. The molecule has 0 saturated heterocycles. The Morgan fingerprint density at radius 1 is 0.532 bits per heavy atom. The summed E-state index contributed by atoms with van der Waals surface area (Å²) in [5, 5.41) is 5.74. The van der Waals surface area contributed by atoms with E-state index in [-0.39, 0.29) is 88.1 Å². The minimum atomic E-state index is -0.256. The van der Waals surface area contributed by atoms with Crippen molar-refractivity contribution in [3.8, 4) is 34.4 Å². The summed E-state index contributed by atoms with van der Waals surface area (Å²) in [6.45, 7) is 1.51. The van der Waals surface area contributed by atoms with E-state index >= 15 is 0 Å². The van der Waals surface area contributed by atoms with Crippen LogP contribution in [0.15, 0.2) is 122 Å². The second-order valence-electron chi connectivity index (χ2n) is 13.9. The SMILES string of the molecule is Nc1nc(OCc2ccccc2)c2ncn(CC(=O)NCCOc3cccc(-c4cccc(OCCNC(=O)Cn5cnc6c(OCc7ccccc7)nc(N)nc65)c4)c3)c2n1. The number of hydrogen-bond donors (Lipinski definition) is 4. The van der Waals surface area contributed by atoms with Crippen molar-refractivity contribution in [1.29, 1.82) is 0 Å². The van der Waals surface area contributed by atoms with Crippen molar-refractivity contribution in [2.24, 2.45) is 0 Å². The first kappa shape index (κ1) is 40.5. The van der Waals surface area contributed by atoms with Gasteiger partial charge in [-0.1, -0.05) is 84.9 Å². The molecule has 0 fully saturated rings. The number of rotatable bonds is 19. The minimum absolute atomic E-state index is 0.0138. The van der Waals surface area contributed by atoms with Crippen molar-refractivity contribution in [3.63, 3.8) is 0 Å². The number of benzene rings is 4. The fourth-order valence-electron chi connectivity index (χ4n) is 6.42. The lowest BCUT2D eigenvalue weighted by molar-refractivity contribution is -0.122. The highest BCUT2D eigenvalue weighted by atomic mass is 16.5. The molecule has 0 radical (unpaired) electrons. The molecule has 2 amide bonds. The van der Waals surface area contributed by atoms with E-state index < -0.39 is 0 Å². The van der Waals surface area contributed by atoms with Gasteiger partial charge in [0.2, 0.25) is 35.5 Å². The third-order valence-corrected chi connectivity index (χ3v) is 9.35. The van der Waals surface area contributed by atoms with Crippen LogP contribution < -0.4 is 41.0 Å². The van der Waals surface area contributed by atoms with Crippen LogP contribution >= 0.6 is 0 Å². The molecule has 18 nitrogen and oxygen atoms in total. The summed E-state index contributed by atoms with van der Waals surface area (Å²) in [5.41, 5.74) is 17.3. The number of carbonyl (C=O) groups is 2. The molecule has 18 heteroatoms. The predicted molar refractivity (Wildman–Crippen MR) is 230 cm³/mol. The van der Waals surface area contributed by atoms with E-state index in [0.29, 0.717) is 33.8 Å². The van der Waals surface area contributed by atoms with Crippen LogP contribution in [0.1, 0.15) is 11.1 Å². The van der Waals surface area contributed by atoms with Crippen LogP contribution in [0, 0.1) is 0 Å². The first-order valence-corrected chi connectivity index (χ1v) is 19.6. The van der Waals surface area contributed by atoms with Crippen LogP contribution in [-0.4, -0.2) is 77.2 Å². The first-order chi connectivity index (χ1) is 30.3. The van der Waals surface area contributed by atoms with E-state index in [1.165, 1.54) is 12.7 Å². The number of carbonyl (C=O) groups excluding carboxylic acids is 2. The second kappa shape index (κ2) is 19.2. The molecular formula is C44H42N12O6. The number of nitrogens with one attached hydrogen (secondary N) is 2. The van der Waals surface area contributed by atoms with Gasteiger partial charge in [-0.05, 0) is 46.5 Å². The molecule has 62 heavy (non-hydrogen) atoms. The monoisotopic (exact) mass is 834 g/mol. The Balaban J connectivity index is 0.775. The molecule has 0 unspecified atom stereocenters. The van der Waals surface area contributed by atoms with Crippen LogP contribution in [-0.2, 0) is 35.9 Å². The van der Waals surface area contributed by atoms with Gasteiger partial charge in [-0.3, -0.25) is 9.59 Å². The van der Waals surface area contributed by atoms with Crippen molar-refractivity contribution in [1.82, 2.24) is 49.7 Å². The summed E-state index contributed by atoms with van der Waals surface area (Å²) >= 11 is 0. The number of imidazole rings is 2. The molecule has 6 N–H and O–H groups in total. The molecule has 4 aromatic heterocycles. The maximum Gasteiger partial charge on any atom is 0.247 e. The van der Waals surface area contributed by atoms with Crippen molar-refractivity contribution >= 4 is 46.0 Å². The minimum Gasteiger partial charge on any atom is -0.492 e. The molecule has 0 aliphatic rings. The Labute approximate surface area is 354 Å². The van der Waals surface area contributed by atoms with Crippen molar-refractivity contribution in [2.75, 3.05) is 37.8 Å². The standard InChI is InChI=1S/C44H42N12O6/c45-43-51-39-37(41(53-43)61-25-29-9-3-1-4-10-29)49-27-55(39)23-35(57)47-17-19-59-33-15-7-13-31(21-33)32-14-8-16-34(22-32)60-20-18-48-36(58)24-56-28-50-38-40(56)52-44(46)54-42(38)62-26-30-11-5-2-6-12-30/h1-16,21-22,27-28H,17-20,23-26H2,(H,47,57)(H,48,58)(H2,45,51,53)(H2,46,52,54). The number of nitrogen functional groups attached to an aromatic ring is 2. The van der Waals surface area contributed by atoms with Gasteiger partial charge < -0.3 is 50.2 Å². The van der Waals surface area contributed by atoms with Crippen LogP contribution in [0.5, 0.6) is 23.3 Å². The van der Waals surface area contributed by atoms with Gasteiger partial charge in [0.25, 0.3) is 0 Å². The maximum absolute atomic E-state index is 12.9. The van der Waals surface area contributed by atoms with E-state index in [0.717, 1.165) is 22.3 Å². The van der Waals surface area contributed by atoms with E-state index in [4.69, 9.17) is 30.4 Å². The highest BCUT2D eigenvalue weighted by Gasteiger charge is 2.17. The van der Waals surface area contributed by atoms with Gasteiger partial charge in [0.05, 0.1) is 25.7 Å². The Bertz CT molecular complexity index is 2610. The van der Waals surface area contributed by atoms with E-state index in [9.17, 15) is 9.59 Å². The largest absolute Gasteiger partial charge is 0.492 e. The molecule has 0 aliphatic heterocycles. The summed E-state index contributed by atoms with van der Waals surface area (Å²) in [6.07, 6.45) is 3.01. The van der Waals surface area contributed by atoms with Gasteiger partial charge >= 0.3 is 0 Å². The van der Waals surface area contributed by atoms with Crippen LogP contribution in [0.4, 0.5) is 11.9 Å². The number of anilines is 2. The number of ether oxygens (including phenoxy) is 4. The van der Waals surface area contributed by atoms with Gasteiger partial charge in [-0.15, -0.1) is 0 Å². The molecule has 8 aromatic rings. The zero-order valence-corrected chi connectivity index (χ0v) is 33.4. The average molecular weight is 835 g/mol. The van der Waals surface area contributed by atoms with Crippen molar-refractivity contribution in [2.45, 2.75) is 26.3 Å². The Morgan fingerprint density at radius 3 is 1.40 bits per heavy atom. The van der Waals surface area contributed by atoms with E-state index in [1.54, 1.807) is 9.13 Å². The second-order valence-corrected chi connectivity index (χ2v) is 13.9. The lowest BCUT2D eigenvalue weighted by Crippen LogP contribution is -2.31. The first-order valence-electron chi connectivity index (χ1n) is 19.6. The van der Waals surface area contributed by atoms with E-state index in [1.807, 2.05) is 109 Å². The normalized spacial score (nSPS) is 11.0. The maximum atomic E-state index is 12.9. The molecule has 4 aromatic carbocycles. The summed E-state index contributed by atoms with van der Waals surface area (Å²) in [6, 6.07) is 34.5. The van der Waals surface area contributed by atoms with Gasteiger partial charge in [-0.25, -0.2) is 9.97 Å². The molecule has 0 aliphatic carbocycles. The van der Waals surface area contributed by atoms with Crippen molar-refractivity contribution in [3.05, 3.63) is 133 Å². The molecular weight excluding hydrogens is 793 g/mol. The molecule has 0 spiro atoms. The van der Waals surface area contributed by atoms with Gasteiger partial charge in [0.1, 0.15) is 51.0 Å². The number of nitrogens with zero attached hydrogens (tertiary/aromatic N) is 8. The highest BCUT2D eigenvalue weighted by Crippen LogP contribution is 2.28. The summed E-state index contributed by atoms with van der Waals surface area (Å²) in [7, 11) is 0.